The van der Waals surface area contributed by atoms with E-state index in [1.807, 2.05) is 6.07 Å². The molecular weight excluding hydrogens is 240 g/mol. The molecule has 0 fully saturated rings. The molecule has 1 aliphatic heterocycles. The Morgan fingerprint density at radius 2 is 2.21 bits per heavy atom. The maximum absolute atomic E-state index is 11.8. The monoisotopic (exact) mass is 256 g/mol. The molecule has 0 spiro atoms. The number of nitrogens with two attached hydrogens (primary N) is 1. The SMILES string of the molecule is Nc1cccn(CCc2ccc3c(c2)CCO3)c1=O. The van der Waals surface area contributed by atoms with Crippen molar-refractivity contribution < 1.29 is 4.74 Å². The molecule has 0 amide bonds. The number of benzene rings is 1. The highest BCUT2D eigenvalue weighted by Crippen LogP contribution is 2.26. The van der Waals surface area contributed by atoms with Crippen molar-refractivity contribution in [2.75, 3.05) is 12.3 Å². The molecule has 1 aromatic carbocycles. The molecule has 2 heterocycles. The summed E-state index contributed by atoms with van der Waals surface area (Å²) in [4.78, 5) is 11.8. The summed E-state index contributed by atoms with van der Waals surface area (Å²) in [5.41, 5.74) is 8.27. The molecule has 0 radical (unpaired) electrons. The first-order chi connectivity index (χ1) is 9.24. The number of aryl methyl sites for hydroxylation is 2. The van der Waals surface area contributed by atoms with Crippen LogP contribution in [0.4, 0.5) is 5.69 Å². The van der Waals surface area contributed by atoms with E-state index in [1.54, 1.807) is 22.9 Å². The van der Waals surface area contributed by atoms with Crippen molar-refractivity contribution in [2.24, 2.45) is 0 Å². The number of aromatic nitrogens is 1. The zero-order valence-corrected chi connectivity index (χ0v) is 10.6. The van der Waals surface area contributed by atoms with Gasteiger partial charge < -0.3 is 15.0 Å². The molecule has 19 heavy (non-hydrogen) atoms. The highest BCUT2D eigenvalue weighted by atomic mass is 16.5. The van der Waals surface area contributed by atoms with E-state index >= 15 is 0 Å². The van der Waals surface area contributed by atoms with E-state index in [1.165, 1.54) is 11.1 Å². The molecule has 0 atom stereocenters. The minimum absolute atomic E-state index is 0.119. The van der Waals surface area contributed by atoms with E-state index in [-0.39, 0.29) is 5.56 Å². The minimum Gasteiger partial charge on any atom is -0.493 e. The summed E-state index contributed by atoms with van der Waals surface area (Å²) in [6.07, 6.45) is 3.56. The number of nitrogen functional groups attached to an aromatic ring is 1. The van der Waals surface area contributed by atoms with Gasteiger partial charge in [-0.1, -0.05) is 12.1 Å². The zero-order chi connectivity index (χ0) is 13.2. The highest BCUT2D eigenvalue weighted by Gasteiger charge is 2.11. The lowest BCUT2D eigenvalue weighted by molar-refractivity contribution is 0.357. The van der Waals surface area contributed by atoms with Gasteiger partial charge in [-0.25, -0.2) is 0 Å². The number of anilines is 1. The van der Waals surface area contributed by atoms with E-state index in [0.717, 1.165) is 25.2 Å². The van der Waals surface area contributed by atoms with Gasteiger partial charge in [-0.05, 0) is 35.7 Å². The fourth-order valence-corrected chi connectivity index (χ4v) is 2.38. The Morgan fingerprint density at radius 1 is 1.32 bits per heavy atom. The summed E-state index contributed by atoms with van der Waals surface area (Å²) in [7, 11) is 0. The number of nitrogens with zero attached hydrogens (tertiary/aromatic N) is 1. The first kappa shape index (κ1) is 11.8. The van der Waals surface area contributed by atoms with Crippen LogP contribution in [0.1, 0.15) is 11.1 Å². The molecule has 2 aromatic rings. The lowest BCUT2D eigenvalue weighted by atomic mass is 10.1. The molecule has 4 nitrogen and oxygen atoms in total. The van der Waals surface area contributed by atoms with Crippen LogP contribution in [-0.4, -0.2) is 11.2 Å². The van der Waals surface area contributed by atoms with Gasteiger partial charge in [0.1, 0.15) is 5.75 Å². The molecular formula is C15H16N2O2. The Bertz CT molecular complexity index is 661. The largest absolute Gasteiger partial charge is 0.493 e. The van der Waals surface area contributed by atoms with E-state index in [2.05, 4.69) is 12.1 Å². The van der Waals surface area contributed by atoms with Gasteiger partial charge in [0.05, 0.1) is 12.3 Å². The van der Waals surface area contributed by atoms with Gasteiger partial charge >= 0.3 is 0 Å². The molecule has 98 valence electrons. The number of rotatable bonds is 3. The van der Waals surface area contributed by atoms with Gasteiger partial charge in [0.2, 0.25) is 0 Å². The van der Waals surface area contributed by atoms with Gasteiger partial charge in [0, 0.05) is 19.2 Å². The number of hydrogen-bond donors (Lipinski definition) is 1. The second-order valence-electron chi connectivity index (χ2n) is 4.75. The number of pyridine rings is 1. The van der Waals surface area contributed by atoms with Crippen LogP contribution in [-0.2, 0) is 19.4 Å². The topological polar surface area (TPSA) is 57.2 Å². The molecule has 0 aliphatic carbocycles. The Morgan fingerprint density at radius 3 is 3.11 bits per heavy atom. The number of hydrogen-bond acceptors (Lipinski definition) is 3. The Hall–Kier alpha value is -2.23. The van der Waals surface area contributed by atoms with Crippen molar-refractivity contribution in [1.82, 2.24) is 4.57 Å². The zero-order valence-electron chi connectivity index (χ0n) is 10.6. The first-order valence-corrected chi connectivity index (χ1v) is 6.43. The Kier molecular flexibility index (Phi) is 2.99. The third-order valence-corrected chi connectivity index (χ3v) is 3.44. The maximum atomic E-state index is 11.8. The number of fused-ring (bicyclic) bond motifs is 1. The second-order valence-corrected chi connectivity index (χ2v) is 4.75. The molecule has 4 heteroatoms. The van der Waals surface area contributed by atoms with Crippen LogP contribution in [0.15, 0.2) is 41.3 Å². The third-order valence-electron chi connectivity index (χ3n) is 3.44. The standard InChI is InChI=1S/C15H16N2O2/c16-13-2-1-7-17(15(13)18)8-5-11-3-4-14-12(10-11)6-9-19-14/h1-4,7,10H,5-6,8-9,16H2. The summed E-state index contributed by atoms with van der Waals surface area (Å²) >= 11 is 0. The summed E-state index contributed by atoms with van der Waals surface area (Å²) in [6, 6.07) is 9.67. The molecule has 3 rings (SSSR count). The van der Waals surface area contributed by atoms with Crippen molar-refractivity contribution in [3.8, 4) is 5.75 Å². The van der Waals surface area contributed by atoms with Gasteiger partial charge in [0.15, 0.2) is 0 Å². The van der Waals surface area contributed by atoms with Crippen LogP contribution < -0.4 is 16.0 Å². The second kappa shape index (κ2) is 4.80. The summed E-state index contributed by atoms with van der Waals surface area (Å²) in [5.74, 6) is 0.991. The van der Waals surface area contributed by atoms with Gasteiger partial charge in [-0.15, -0.1) is 0 Å². The molecule has 0 saturated heterocycles. The van der Waals surface area contributed by atoms with Crippen LogP contribution in [0.2, 0.25) is 0 Å². The molecule has 0 unspecified atom stereocenters. The van der Waals surface area contributed by atoms with Gasteiger partial charge in [-0.3, -0.25) is 4.79 Å². The Labute approximate surface area is 111 Å². The summed E-state index contributed by atoms with van der Waals surface area (Å²) in [5, 5.41) is 0. The molecule has 2 N–H and O–H groups in total. The van der Waals surface area contributed by atoms with Crippen LogP contribution in [0.3, 0.4) is 0 Å². The predicted molar refractivity (Wildman–Crippen MR) is 74.5 cm³/mol. The lowest BCUT2D eigenvalue weighted by Crippen LogP contribution is -2.22. The number of ether oxygens (including phenoxy) is 1. The van der Waals surface area contributed by atoms with Crippen molar-refractivity contribution >= 4 is 5.69 Å². The van der Waals surface area contributed by atoms with Crippen molar-refractivity contribution in [3.05, 3.63) is 58.0 Å². The average Bonchev–Trinajstić information content (AvgIpc) is 2.88. The van der Waals surface area contributed by atoms with E-state index in [9.17, 15) is 4.79 Å². The summed E-state index contributed by atoms with van der Waals surface area (Å²) in [6.45, 7) is 1.41. The van der Waals surface area contributed by atoms with E-state index in [4.69, 9.17) is 10.5 Å². The van der Waals surface area contributed by atoms with Gasteiger partial charge in [0.25, 0.3) is 5.56 Å². The van der Waals surface area contributed by atoms with Crippen LogP contribution in [0.25, 0.3) is 0 Å². The molecule has 0 bridgehead atoms. The Balaban J connectivity index is 1.76. The van der Waals surface area contributed by atoms with E-state index in [0.29, 0.717) is 12.2 Å². The van der Waals surface area contributed by atoms with E-state index < -0.39 is 0 Å². The summed E-state index contributed by atoms with van der Waals surface area (Å²) < 4.78 is 7.13. The maximum Gasteiger partial charge on any atom is 0.273 e. The van der Waals surface area contributed by atoms with Crippen molar-refractivity contribution in [2.45, 2.75) is 19.4 Å². The first-order valence-electron chi connectivity index (χ1n) is 6.43. The van der Waals surface area contributed by atoms with Crippen molar-refractivity contribution in [3.63, 3.8) is 0 Å². The fourth-order valence-electron chi connectivity index (χ4n) is 2.38. The average molecular weight is 256 g/mol. The predicted octanol–water partition coefficient (Wildman–Crippen LogP) is 1.61. The van der Waals surface area contributed by atoms with Crippen LogP contribution >= 0.6 is 0 Å². The lowest BCUT2D eigenvalue weighted by Gasteiger charge is -2.07. The fraction of sp³-hybridized carbons (Fsp3) is 0.267. The van der Waals surface area contributed by atoms with Crippen LogP contribution in [0.5, 0.6) is 5.75 Å². The molecule has 1 aliphatic rings. The quantitative estimate of drug-likeness (QED) is 0.907. The third kappa shape index (κ3) is 2.34. The smallest absolute Gasteiger partial charge is 0.273 e. The highest BCUT2D eigenvalue weighted by molar-refractivity contribution is 5.40. The molecule has 1 aromatic heterocycles. The van der Waals surface area contributed by atoms with Crippen LogP contribution in [0, 0.1) is 0 Å². The minimum atomic E-state index is -0.119. The normalized spacial score (nSPS) is 13.1. The van der Waals surface area contributed by atoms with Gasteiger partial charge in [-0.2, -0.15) is 0 Å². The van der Waals surface area contributed by atoms with Crippen molar-refractivity contribution in [1.29, 1.82) is 0 Å². The molecule has 0 saturated carbocycles.